The molecule has 1 saturated heterocycles. The predicted octanol–water partition coefficient (Wildman–Crippen LogP) is 0.804. The third kappa shape index (κ3) is 5.27. The van der Waals surface area contributed by atoms with E-state index in [4.69, 9.17) is 5.11 Å². The number of aliphatic hydroxyl groups is 1. The molecule has 0 aromatic heterocycles. The molecule has 1 rings (SSSR count). The largest absolute Gasteiger partial charge is 0.395 e. The van der Waals surface area contributed by atoms with Crippen LogP contribution in [-0.2, 0) is 4.79 Å². The molecule has 1 amide bonds. The fourth-order valence-corrected chi connectivity index (χ4v) is 2.28. The highest BCUT2D eigenvalue weighted by molar-refractivity contribution is 5.78. The summed E-state index contributed by atoms with van der Waals surface area (Å²) in [7, 11) is 0. The molecule has 1 unspecified atom stereocenters. The lowest BCUT2D eigenvalue weighted by atomic mass is 10.0. The predicted molar refractivity (Wildman–Crippen MR) is 64.5 cm³/mol. The second-order valence-electron chi connectivity index (χ2n) is 4.94. The van der Waals surface area contributed by atoms with Crippen molar-refractivity contribution in [3.8, 4) is 0 Å². The molecule has 0 aliphatic carbocycles. The number of amides is 1. The second kappa shape index (κ2) is 7.63. The van der Waals surface area contributed by atoms with Gasteiger partial charge in [-0.3, -0.25) is 9.69 Å². The minimum atomic E-state index is -2.48. The lowest BCUT2D eigenvalue weighted by Crippen LogP contribution is -2.46. The minimum absolute atomic E-state index is 0.0301. The van der Waals surface area contributed by atoms with Gasteiger partial charge in [-0.2, -0.15) is 0 Å². The van der Waals surface area contributed by atoms with Gasteiger partial charge in [0, 0.05) is 19.6 Å². The monoisotopic (exact) mass is 264 g/mol. The van der Waals surface area contributed by atoms with Gasteiger partial charge in [-0.15, -0.1) is 0 Å². The van der Waals surface area contributed by atoms with Crippen LogP contribution < -0.4 is 0 Å². The van der Waals surface area contributed by atoms with Crippen LogP contribution in [-0.4, -0.2) is 66.6 Å². The molecule has 1 fully saturated rings. The summed E-state index contributed by atoms with van der Waals surface area (Å²) in [5.41, 5.74) is 0. The quantitative estimate of drug-likeness (QED) is 0.772. The van der Waals surface area contributed by atoms with E-state index >= 15 is 0 Å². The van der Waals surface area contributed by atoms with Gasteiger partial charge in [0.1, 0.15) is 0 Å². The Balaban J connectivity index is 2.44. The summed E-state index contributed by atoms with van der Waals surface area (Å²) in [6.07, 6.45) is -0.396. The molecule has 1 aliphatic heterocycles. The normalized spacial score (nSPS) is 20.8. The first-order valence-corrected chi connectivity index (χ1v) is 6.42. The van der Waals surface area contributed by atoms with Crippen molar-refractivity contribution in [2.75, 3.05) is 39.3 Å². The first kappa shape index (κ1) is 15.3. The average molecular weight is 264 g/mol. The third-order valence-electron chi connectivity index (χ3n) is 3.18. The van der Waals surface area contributed by atoms with Gasteiger partial charge in [0.2, 0.25) is 5.91 Å². The van der Waals surface area contributed by atoms with Gasteiger partial charge in [-0.05, 0) is 18.8 Å². The molecular weight excluding hydrogens is 242 g/mol. The molecule has 0 bridgehead atoms. The minimum Gasteiger partial charge on any atom is -0.395 e. The Morgan fingerprint density at radius 2 is 2.28 bits per heavy atom. The van der Waals surface area contributed by atoms with Crippen LogP contribution in [0.4, 0.5) is 8.78 Å². The summed E-state index contributed by atoms with van der Waals surface area (Å²) < 4.78 is 24.6. The van der Waals surface area contributed by atoms with Crippen molar-refractivity contribution in [1.82, 2.24) is 9.80 Å². The van der Waals surface area contributed by atoms with Crippen molar-refractivity contribution in [2.45, 2.75) is 26.2 Å². The number of aliphatic hydroxyl groups excluding tert-OH is 1. The third-order valence-corrected chi connectivity index (χ3v) is 3.18. The highest BCUT2D eigenvalue weighted by atomic mass is 19.3. The Bertz CT molecular complexity index is 264. The van der Waals surface area contributed by atoms with Crippen LogP contribution in [0.2, 0.25) is 0 Å². The zero-order chi connectivity index (χ0) is 13.5. The van der Waals surface area contributed by atoms with Gasteiger partial charge in [0.05, 0.1) is 19.7 Å². The molecule has 6 heteroatoms. The molecule has 4 nitrogen and oxygen atoms in total. The molecule has 1 heterocycles. The van der Waals surface area contributed by atoms with Crippen molar-refractivity contribution >= 4 is 5.91 Å². The number of piperidine rings is 1. The van der Waals surface area contributed by atoms with E-state index in [9.17, 15) is 13.6 Å². The topological polar surface area (TPSA) is 43.8 Å². The maximum atomic E-state index is 12.3. The maximum absolute atomic E-state index is 12.3. The van der Waals surface area contributed by atoms with E-state index in [2.05, 4.69) is 6.92 Å². The van der Waals surface area contributed by atoms with Gasteiger partial charge in [0.15, 0.2) is 0 Å². The van der Waals surface area contributed by atoms with Crippen molar-refractivity contribution < 1.29 is 18.7 Å². The molecule has 106 valence electrons. The fraction of sp³-hybridized carbons (Fsp3) is 0.917. The van der Waals surface area contributed by atoms with Gasteiger partial charge >= 0.3 is 0 Å². The smallest absolute Gasteiger partial charge is 0.251 e. The summed E-state index contributed by atoms with van der Waals surface area (Å²) >= 11 is 0. The highest BCUT2D eigenvalue weighted by Gasteiger charge is 2.23. The standard InChI is InChI=1S/C12H22F2N2O2/c1-10-3-2-4-16(7-10)12(18)9-15(5-6-17)8-11(13)14/h10-11,17H,2-9H2,1H3. The van der Waals surface area contributed by atoms with Crippen molar-refractivity contribution in [1.29, 1.82) is 0 Å². The number of hydrogen-bond acceptors (Lipinski definition) is 3. The van der Waals surface area contributed by atoms with Gasteiger partial charge in [-0.1, -0.05) is 6.92 Å². The number of carbonyl (C=O) groups excluding carboxylic acids is 1. The highest BCUT2D eigenvalue weighted by Crippen LogP contribution is 2.15. The number of likely N-dealkylation sites (tertiary alicyclic amines) is 1. The number of alkyl halides is 2. The molecular formula is C12H22F2N2O2. The summed E-state index contributed by atoms with van der Waals surface area (Å²) in [6.45, 7) is 2.92. The molecule has 0 spiro atoms. The van der Waals surface area contributed by atoms with Gasteiger partial charge < -0.3 is 10.0 Å². The Kier molecular flexibility index (Phi) is 6.49. The molecule has 0 aromatic carbocycles. The zero-order valence-electron chi connectivity index (χ0n) is 10.8. The van der Waals surface area contributed by atoms with Crippen LogP contribution in [0.5, 0.6) is 0 Å². The number of nitrogens with zero attached hydrogens (tertiary/aromatic N) is 2. The zero-order valence-corrected chi connectivity index (χ0v) is 10.8. The molecule has 1 aliphatic rings. The molecule has 18 heavy (non-hydrogen) atoms. The van der Waals surface area contributed by atoms with Crippen molar-refractivity contribution in [3.05, 3.63) is 0 Å². The lowest BCUT2D eigenvalue weighted by Gasteiger charge is -2.32. The second-order valence-corrected chi connectivity index (χ2v) is 4.94. The molecule has 0 radical (unpaired) electrons. The number of carbonyl (C=O) groups is 1. The Hall–Kier alpha value is -0.750. The maximum Gasteiger partial charge on any atom is 0.251 e. The van der Waals surface area contributed by atoms with Crippen LogP contribution >= 0.6 is 0 Å². The van der Waals surface area contributed by atoms with E-state index in [-0.39, 0.29) is 25.6 Å². The lowest BCUT2D eigenvalue weighted by molar-refractivity contribution is -0.134. The van der Waals surface area contributed by atoms with Crippen LogP contribution in [0.3, 0.4) is 0 Å². The first-order chi connectivity index (χ1) is 8.52. The molecule has 0 saturated carbocycles. The average Bonchev–Trinajstić information content (AvgIpc) is 2.28. The number of rotatable bonds is 6. The van der Waals surface area contributed by atoms with E-state index in [1.807, 2.05) is 0 Å². The summed E-state index contributed by atoms with van der Waals surface area (Å²) in [5.74, 6) is 0.361. The van der Waals surface area contributed by atoms with Gasteiger partial charge in [0.25, 0.3) is 6.43 Å². The van der Waals surface area contributed by atoms with Crippen molar-refractivity contribution in [3.63, 3.8) is 0 Å². The fourth-order valence-electron chi connectivity index (χ4n) is 2.28. The van der Waals surface area contributed by atoms with Gasteiger partial charge in [-0.25, -0.2) is 8.78 Å². The Morgan fingerprint density at radius 3 is 2.83 bits per heavy atom. The van der Waals surface area contributed by atoms with E-state index in [0.29, 0.717) is 19.0 Å². The summed E-state index contributed by atoms with van der Waals surface area (Å²) in [4.78, 5) is 15.0. The molecule has 1 N–H and O–H groups in total. The van der Waals surface area contributed by atoms with E-state index in [1.54, 1.807) is 4.90 Å². The van der Waals surface area contributed by atoms with Crippen LogP contribution in [0.1, 0.15) is 19.8 Å². The first-order valence-electron chi connectivity index (χ1n) is 6.42. The number of hydrogen-bond donors (Lipinski definition) is 1. The number of halogens is 2. The Labute approximate surface area is 107 Å². The molecule has 1 atom stereocenters. The SMILES string of the molecule is CC1CCCN(C(=O)CN(CCO)CC(F)F)C1. The van der Waals surface area contributed by atoms with Crippen LogP contribution in [0.25, 0.3) is 0 Å². The summed E-state index contributed by atoms with van der Waals surface area (Å²) in [5, 5.41) is 8.80. The van der Waals surface area contributed by atoms with E-state index in [0.717, 1.165) is 12.8 Å². The van der Waals surface area contributed by atoms with Crippen LogP contribution in [0.15, 0.2) is 0 Å². The van der Waals surface area contributed by atoms with Crippen molar-refractivity contribution in [2.24, 2.45) is 5.92 Å². The molecule has 0 aromatic rings. The van der Waals surface area contributed by atoms with E-state index < -0.39 is 13.0 Å². The van der Waals surface area contributed by atoms with E-state index in [1.165, 1.54) is 4.90 Å². The van der Waals surface area contributed by atoms with Crippen LogP contribution in [0, 0.1) is 5.92 Å². The summed E-state index contributed by atoms with van der Waals surface area (Å²) in [6, 6.07) is 0. The Morgan fingerprint density at radius 1 is 1.56 bits per heavy atom.